The van der Waals surface area contributed by atoms with Crippen molar-refractivity contribution in [3.63, 3.8) is 0 Å². The van der Waals surface area contributed by atoms with Crippen LogP contribution < -0.4 is 0 Å². The zero-order valence-corrected chi connectivity index (χ0v) is 27.7. The van der Waals surface area contributed by atoms with Crippen LogP contribution in [0.2, 0.25) is 0 Å². The van der Waals surface area contributed by atoms with Crippen molar-refractivity contribution in [3.8, 4) is 45.2 Å². The Morgan fingerprint density at radius 2 is 1.10 bits per heavy atom. The first-order valence-electron chi connectivity index (χ1n) is 17.3. The molecule has 4 heteroatoms. The van der Waals surface area contributed by atoms with Gasteiger partial charge in [-0.05, 0) is 74.8 Å². The summed E-state index contributed by atoms with van der Waals surface area (Å²) in [7, 11) is 0. The van der Waals surface area contributed by atoms with Crippen LogP contribution in [0.15, 0.2) is 170 Å². The van der Waals surface area contributed by atoms with Gasteiger partial charge in [0.1, 0.15) is 5.69 Å². The highest BCUT2D eigenvalue weighted by molar-refractivity contribution is 6.06. The molecule has 0 radical (unpaired) electrons. The van der Waals surface area contributed by atoms with Crippen molar-refractivity contribution in [2.24, 2.45) is 0 Å². The quantitative estimate of drug-likeness (QED) is 0.178. The predicted octanol–water partition coefficient (Wildman–Crippen LogP) is 11.4. The van der Waals surface area contributed by atoms with Crippen LogP contribution in [0.4, 0.5) is 0 Å². The smallest absolute Gasteiger partial charge is 0.178 e. The lowest BCUT2D eigenvalue weighted by Crippen LogP contribution is -1.96. The largest absolute Gasteiger partial charge is 0.245 e. The first-order chi connectivity index (χ1) is 25.3. The van der Waals surface area contributed by atoms with Gasteiger partial charge in [0.2, 0.25) is 0 Å². The molecule has 0 atom stereocenters. The fourth-order valence-electron chi connectivity index (χ4n) is 7.47. The lowest BCUT2D eigenvalue weighted by Gasteiger charge is -2.16. The van der Waals surface area contributed by atoms with E-state index < -0.39 is 0 Å². The molecule has 0 spiro atoms. The van der Waals surface area contributed by atoms with E-state index in [-0.39, 0.29) is 0 Å². The molecular weight excluding hydrogens is 621 g/mol. The second-order valence-electron chi connectivity index (χ2n) is 13.0. The Morgan fingerprint density at radius 1 is 0.431 bits per heavy atom. The molecule has 1 aliphatic rings. The Balaban J connectivity index is 1.06. The van der Waals surface area contributed by atoms with E-state index in [0.717, 1.165) is 56.3 Å². The van der Waals surface area contributed by atoms with Crippen LogP contribution in [0.5, 0.6) is 0 Å². The van der Waals surface area contributed by atoms with Crippen molar-refractivity contribution in [2.75, 3.05) is 0 Å². The van der Waals surface area contributed by atoms with Crippen LogP contribution in [0.1, 0.15) is 16.7 Å². The third-order valence-electron chi connectivity index (χ3n) is 9.98. The van der Waals surface area contributed by atoms with Crippen molar-refractivity contribution in [2.45, 2.75) is 6.42 Å². The van der Waals surface area contributed by atoms with Gasteiger partial charge in [0, 0.05) is 28.1 Å². The molecule has 3 aromatic heterocycles. The lowest BCUT2D eigenvalue weighted by atomic mass is 9.87. The number of allylic oxidation sites excluding steroid dienone is 1. The molecule has 4 nitrogen and oxygen atoms in total. The van der Waals surface area contributed by atoms with Gasteiger partial charge in [-0.1, -0.05) is 140 Å². The highest BCUT2D eigenvalue weighted by atomic mass is 14.9. The molecule has 238 valence electrons. The summed E-state index contributed by atoms with van der Waals surface area (Å²) >= 11 is 0. The van der Waals surface area contributed by atoms with Crippen LogP contribution in [0.25, 0.3) is 83.3 Å². The molecule has 0 fully saturated rings. The molecule has 0 N–H and O–H groups in total. The minimum Gasteiger partial charge on any atom is -0.245 e. The molecule has 0 bridgehead atoms. The normalized spacial score (nSPS) is 12.4. The molecule has 1 aliphatic carbocycles. The maximum Gasteiger partial charge on any atom is 0.178 e. The first kappa shape index (κ1) is 29.2. The standard InChI is InChI=1S/C47H30N4/c1-2-11-32(12-3-1)41-25-21-33-17-18-34-22-26-43(50-46(34)45(33)49-41)47-48-28-27-42(51-47)36-14-8-13-35(29-36)37-23-19-30-9-4-6-15-38(30)44-39-16-7-5-10-31(39)20-24-40(37)44/h1-18,20-29H,19H2. The summed E-state index contributed by atoms with van der Waals surface area (Å²) in [5, 5.41) is 4.59. The van der Waals surface area contributed by atoms with Gasteiger partial charge < -0.3 is 0 Å². The van der Waals surface area contributed by atoms with Crippen LogP contribution in [0.3, 0.4) is 0 Å². The van der Waals surface area contributed by atoms with E-state index in [1.165, 1.54) is 38.6 Å². The molecule has 9 aromatic rings. The van der Waals surface area contributed by atoms with Crippen LogP contribution in [-0.4, -0.2) is 19.9 Å². The summed E-state index contributed by atoms with van der Waals surface area (Å²) in [6, 6.07) is 55.4. The maximum absolute atomic E-state index is 5.12. The van der Waals surface area contributed by atoms with Crippen LogP contribution in [-0.2, 0) is 6.42 Å². The summed E-state index contributed by atoms with van der Waals surface area (Å²) in [5.74, 6) is 0.581. The summed E-state index contributed by atoms with van der Waals surface area (Å²) in [6.45, 7) is 0. The number of pyridine rings is 2. The summed E-state index contributed by atoms with van der Waals surface area (Å²) < 4.78 is 0. The predicted molar refractivity (Wildman–Crippen MR) is 209 cm³/mol. The van der Waals surface area contributed by atoms with Crippen molar-refractivity contribution in [3.05, 3.63) is 187 Å². The van der Waals surface area contributed by atoms with E-state index in [1.54, 1.807) is 0 Å². The zero-order chi connectivity index (χ0) is 33.7. The molecule has 10 rings (SSSR count). The Bertz CT molecular complexity index is 2840. The fraction of sp³-hybridized carbons (Fsp3) is 0.0213. The monoisotopic (exact) mass is 650 g/mol. The van der Waals surface area contributed by atoms with Gasteiger partial charge in [-0.25, -0.2) is 19.9 Å². The Hall–Kier alpha value is -6.78. The molecular formula is C47H30N4. The van der Waals surface area contributed by atoms with Gasteiger partial charge in [-0.3, -0.25) is 0 Å². The van der Waals surface area contributed by atoms with Crippen molar-refractivity contribution in [1.82, 2.24) is 19.9 Å². The number of hydrogen-bond donors (Lipinski definition) is 0. The van der Waals surface area contributed by atoms with E-state index in [1.807, 2.05) is 36.5 Å². The van der Waals surface area contributed by atoms with Crippen molar-refractivity contribution in [1.29, 1.82) is 0 Å². The molecule has 0 aliphatic heterocycles. The van der Waals surface area contributed by atoms with Gasteiger partial charge >= 0.3 is 0 Å². The molecule has 0 unspecified atom stereocenters. The summed E-state index contributed by atoms with van der Waals surface area (Å²) in [6.07, 6.45) is 5.07. The second kappa shape index (κ2) is 12.0. The maximum atomic E-state index is 5.12. The fourth-order valence-corrected chi connectivity index (χ4v) is 7.47. The van der Waals surface area contributed by atoms with Crippen molar-refractivity contribution >= 4 is 38.2 Å². The van der Waals surface area contributed by atoms with Gasteiger partial charge in [-0.15, -0.1) is 0 Å². The van der Waals surface area contributed by atoms with Crippen molar-refractivity contribution < 1.29 is 0 Å². The van der Waals surface area contributed by atoms with Crippen LogP contribution >= 0.6 is 0 Å². The third-order valence-corrected chi connectivity index (χ3v) is 9.98. The summed E-state index contributed by atoms with van der Waals surface area (Å²) in [5.41, 5.74) is 13.9. The molecule has 3 heterocycles. The molecule has 6 aromatic carbocycles. The van der Waals surface area contributed by atoms with E-state index >= 15 is 0 Å². The Labute approximate surface area is 295 Å². The number of aromatic nitrogens is 4. The number of rotatable bonds is 4. The van der Waals surface area contributed by atoms with E-state index in [2.05, 4.69) is 138 Å². The van der Waals surface area contributed by atoms with E-state index in [4.69, 9.17) is 15.0 Å². The highest BCUT2D eigenvalue weighted by Crippen LogP contribution is 2.42. The highest BCUT2D eigenvalue weighted by Gasteiger charge is 2.20. The average Bonchev–Trinajstić information content (AvgIpc) is 3.38. The first-order valence-corrected chi connectivity index (χ1v) is 17.3. The molecule has 0 saturated carbocycles. The van der Waals surface area contributed by atoms with Gasteiger partial charge in [0.15, 0.2) is 5.82 Å². The average molecular weight is 651 g/mol. The number of fused-ring (bicyclic) bond motifs is 8. The SMILES string of the molecule is C1=C(c2cccc(-c3ccnc(-c4ccc5ccc6ccc(-c7ccccc7)nc6c5n4)n3)c2)c2ccc3ccccc3c2-c2ccccc2C1. The lowest BCUT2D eigenvalue weighted by molar-refractivity contribution is 1.15. The zero-order valence-electron chi connectivity index (χ0n) is 27.7. The van der Waals surface area contributed by atoms with Crippen LogP contribution in [0, 0.1) is 0 Å². The minimum absolute atomic E-state index is 0.581. The van der Waals surface area contributed by atoms with Gasteiger partial charge in [0.25, 0.3) is 0 Å². The van der Waals surface area contributed by atoms with E-state index in [0.29, 0.717) is 11.5 Å². The Morgan fingerprint density at radius 3 is 1.98 bits per heavy atom. The molecule has 0 amide bonds. The summed E-state index contributed by atoms with van der Waals surface area (Å²) in [4.78, 5) is 20.0. The van der Waals surface area contributed by atoms with E-state index in [9.17, 15) is 0 Å². The number of benzene rings is 6. The number of nitrogens with zero attached hydrogens (tertiary/aromatic N) is 4. The molecule has 51 heavy (non-hydrogen) atoms. The minimum atomic E-state index is 0.581. The third kappa shape index (κ3) is 5.08. The number of hydrogen-bond acceptors (Lipinski definition) is 4. The van der Waals surface area contributed by atoms with Gasteiger partial charge in [-0.2, -0.15) is 0 Å². The second-order valence-corrected chi connectivity index (χ2v) is 13.0. The molecule has 0 saturated heterocycles. The van der Waals surface area contributed by atoms with Gasteiger partial charge in [0.05, 0.1) is 22.4 Å². The Kier molecular flexibility index (Phi) is 6.85. The topological polar surface area (TPSA) is 51.6 Å².